The van der Waals surface area contributed by atoms with Crippen molar-refractivity contribution in [2.75, 3.05) is 13.2 Å². The lowest BCUT2D eigenvalue weighted by atomic mass is 9.67. The SMILES string of the molecule is CCCOc1ccc(C(=O)NC2C3CCCC2CC(N)C3)cc1OCC. The van der Waals surface area contributed by atoms with Crippen LogP contribution in [-0.4, -0.2) is 31.2 Å². The second-order valence-electron chi connectivity index (χ2n) is 7.62. The molecule has 1 amide bonds. The van der Waals surface area contributed by atoms with Crippen molar-refractivity contribution in [3.63, 3.8) is 0 Å². The van der Waals surface area contributed by atoms with Crippen LogP contribution in [-0.2, 0) is 0 Å². The van der Waals surface area contributed by atoms with Gasteiger partial charge < -0.3 is 20.5 Å². The first-order valence-electron chi connectivity index (χ1n) is 10.1. The zero-order valence-electron chi connectivity index (χ0n) is 16.0. The summed E-state index contributed by atoms with van der Waals surface area (Å²) in [5.41, 5.74) is 6.83. The molecule has 0 radical (unpaired) electrons. The summed E-state index contributed by atoms with van der Waals surface area (Å²) in [5, 5.41) is 3.30. The maximum absolute atomic E-state index is 12.9. The molecule has 2 bridgehead atoms. The van der Waals surface area contributed by atoms with E-state index in [9.17, 15) is 4.79 Å². The van der Waals surface area contributed by atoms with Crippen LogP contribution in [0.25, 0.3) is 0 Å². The van der Waals surface area contributed by atoms with Gasteiger partial charge in [0, 0.05) is 17.6 Å². The average Bonchev–Trinajstić information content (AvgIpc) is 2.61. The topological polar surface area (TPSA) is 73.6 Å². The minimum atomic E-state index is -0.0228. The summed E-state index contributed by atoms with van der Waals surface area (Å²) < 4.78 is 11.4. The van der Waals surface area contributed by atoms with E-state index in [1.54, 1.807) is 6.07 Å². The molecule has 1 aromatic carbocycles. The molecule has 0 saturated heterocycles. The molecule has 2 unspecified atom stereocenters. The van der Waals surface area contributed by atoms with Crippen LogP contribution in [0.5, 0.6) is 11.5 Å². The molecule has 0 heterocycles. The van der Waals surface area contributed by atoms with E-state index in [2.05, 4.69) is 12.2 Å². The van der Waals surface area contributed by atoms with E-state index in [1.807, 2.05) is 19.1 Å². The molecular weight excluding hydrogens is 328 g/mol. The number of rotatable bonds is 7. The Labute approximate surface area is 156 Å². The van der Waals surface area contributed by atoms with E-state index >= 15 is 0 Å². The van der Waals surface area contributed by atoms with Crippen LogP contribution in [0.4, 0.5) is 0 Å². The van der Waals surface area contributed by atoms with Gasteiger partial charge in [-0.2, -0.15) is 0 Å². The van der Waals surface area contributed by atoms with Gasteiger partial charge in [0.1, 0.15) is 0 Å². The number of carbonyl (C=O) groups is 1. The lowest BCUT2D eigenvalue weighted by molar-refractivity contribution is 0.0755. The molecule has 2 fully saturated rings. The van der Waals surface area contributed by atoms with E-state index < -0.39 is 0 Å². The molecule has 1 aromatic rings. The number of fused-ring (bicyclic) bond motifs is 2. The quantitative estimate of drug-likeness (QED) is 0.780. The Bertz CT molecular complexity index is 605. The van der Waals surface area contributed by atoms with Crippen LogP contribution >= 0.6 is 0 Å². The lowest BCUT2D eigenvalue weighted by Crippen LogP contribution is -2.53. The number of carbonyl (C=O) groups excluding carboxylic acids is 1. The average molecular weight is 360 g/mol. The second-order valence-corrected chi connectivity index (χ2v) is 7.62. The molecule has 2 aliphatic carbocycles. The number of nitrogens with two attached hydrogens (primary N) is 1. The van der Waals surface area contributed by atoms with Crippen LogP contribution in [0, 0.1) is 11.8 Å². The summed E-state index contributed by atoms with van der Waals surface area (Å²) in [6, 6.07) is 6.01. The summed E-state index contributed by atoms with van der Waals surface area (Å²) in [6.45, 7) is 5.17. The van der Waals surface area contributed by atoms with Gasteiger partial charge >= 0.3 is 0 Å². The first-order valence-corrected chi connectivity index (χ1v) is 10.1. The van der Waals surface area contributed by atoms with Gasteiger partial charge in [-0.25, -0.2) is 0 Å². The number of hydrogen-bond acceptors (Lipinski definition) is 4. The maximum atomic E-state index is 12.9. The predicted molar refractivity (Wildman–Crippen MR) is 103 cm³/mol. The molecule has 0 spiro atoms. The van der Waals surface area contributed by atoms with Gasteiger partial charge in [0.2, 0.25) is 0 Å². The maximum Gasteiger partial charge on any atom is 0.251 e. The Hall–Kier alpha value is -1.75. The van der Waals surface area contributed by atoms with Crippen LogP contribution in [0.3, 0.4) is 0 Å². The van der Waals surface area contributed by atoms with Gasteiger partial charge in [-0.3, -0.25) is 4.79 Å². The molecule has 2 aliphatic rings. The number of ether oxygens (including phenoxy) is 2. The van der Waals surface area contributed by atoms with Crippen LogP contribution < -0.4 is 20.5 Å². The summed E-state index contributed by atoms with van der Waals surface area (Å²) in [4.78, 5) is 12.9. The van der Waals surface area contributed by atoms with E-state index in [4.69, 9.17) is 15.2 Å². The third-order valence-corrected chi connectivity index (χ3v) is 5.64. The van der Waals surface area contributed by atoms with Gasteiger partial charge in [-0.05, 0) is 69.1 Å². The van der Waals surface area contributed by atoms with Crippen LogP contribution in [0.1, 0.15) is 62.7 Å². The molecule has 3 N–H and O–H groups in total. The van der Waals surface area contributed by atoms with Gasteiger partial charge in [-0.15, -0.1) is 0 Å². The highest BCUT2D eigenvalue weighted by molar-refractivity contribution is 5.95. The smallest absolute Gasteiger partial charge is 0.251 e. The van der Waals surface area contributed by atoms with E-state index in [0.717, 1.165) is 19.3 Å². The normalized spacial score (nSPS) is 27.7. The molecule has 5 heteroatoms. The number of nitrogens with one attached hydrogen (secondary N) is 1. The van der Waals surface area contributed by atoms with Crippen LogP contribution in [0.15, 0.2) is 18.2 Å². The molecule has 144 valence electrons. The molecule has 2 atom stereocenters. The minimum Gasteiger partial charge on any atom is -0.490 e. The molecule has 0 aliphatic heterocycles. The monoisotopic (exact) mass is 360 g/mol. The molecule has 2 saturated carbocycles. The van der Waals surface area contributed by atoms with Gasteiger partial charge in [0.15, 0.2) is 11.5 Å². The van der Waals surface area contributed by atoms with Crippen molar-refractivity contribution in [1.29, 1.82) is 0 Å². The van der Waals surface area contributed by atoms with Crippen molar-refractivity contribution in [2.24, 2.45) is 17.6 Å². The Morgan fingerprint density at radius 1 is 1.15 bits per heavy atom. The van der Waals surface area contributed by atoms with Crippen molar-refractivity contribution in [3.05, 3.63) is 23.8 Å². The molecule has 26 heavy (non-hydrogen) atoms. The van der Waals surface area contributed by atoms with E-state index in [0.29, 0.717) is 42.1 Å². The summed E-state index contributed by atoms with van der Waals surface area (Å²) in [6.07, 6.45) is 6.57. The highest BCUT2D eigenvalue weighted by Gasteiger charge is 2.40. The summed E-state index contributed by atoms with van der Waals surface area (Å²) >= 11 is 0. The Balaban J connectivity index is 1.72. The highest BCUT2D eigenvalue weighted by Crippen LogP contribution is 2.40. The fourth-order valence-corrected chi connectivity index (χ4v) is 4.51. The molecule has 5 nitrogen and oxygen atoms in total. The first kappa shape index (κ1) is 19.0. The second kappa shape index (κ2) is 8.76. The number of benzene rings is 1. The van der Waals surface area contributed by atoms with Crippen LogP contribution in [0.2, 0.25) is 0 Å². The minimum absolute atomic E-state index is 0.0228. The summed E-state index contributed by atoms with van der Waals surface area (Å²) in [7, 11) is 0. The largest absolute Gasteiger partial charge is 0.490 e. The van der Waals surface area contributed by atoms with Crippen molar-refractivity contribution in [2.45, 2.75) is 64.5 Å². The Kier molecular flexibility index (Phi) is 6.41. The Morgan fingerprint density at radius 2 is 1.88 bits per heavy atom. The van der Waals surface area contributed by atoms with Gasteiger partial charge in [0.05, 0.1) is 13.2 Å². The van der Waals surface area contributed by atoms with Crippen molar-refractivity contribution in [1.82, 2.24) is 5.32 Å². The third-order valence-electron chi connectivity index (χ3n) is 5.64. The molecular formula is C21H32N2O3. The van der Waals surface area contributed by atoms with Crippen molar-refractivity contribution in [3.8, 4) is 11.5 Å². The Morgan fingerprint density at radius 3 is 2.54 bits per heavy atom. The van der Waals surface area contributed by atoms with E-state index in [-0.39, 0.29) is 18.0 Å². The standard InChI is InChI=1S/C21H32N2O3/c1-3-10-26-18-9-8-16(13-19(18)25-4-2)21(24)23-20-14-6-5-7-15(20)12-17(22)11-14/h8-9,13-15,17,20H,3-7,10-12,22H2,1-2H3,(H,23,24). The first-order chi connectivity index (χ1) is 12.6. The van der Waals surface area contributed by atoms with Gasteiger partial charge in [0.25, 0.3) is 5.91 Å². The van der Waals surface area contributed by atoms with Gasteiger partial charge in [-0.1, -0.05) is 13.3 Å². The predicted octanol–water partition coefficient (Wildman–Crippen LogP) is 3.51. The van der Waals surface area contributed by atoms with E-state index in [1.165, 1.54) is 19.3 Å². The number of amides is 1. The van der Waals surface area contributed by atoms with Crippen molar-refractivity contribution < 1.29 is 14.3 Å². The lowest BCUT2D eigenvalue weighted by Gasteiger charge is -2.45. The third kappa shape index (κ3) is 4.32. The molecule has 3 rings (SSSR count). The van der Waals surface area contributed by atoms with Crippen molar-refractivity contribution >= 4 is 5.91 Å². The zero-order chi connectivity index (χ0) is 18.5. The highest BCUT2D eigenvalue weighted by atomic mass is 16.5. The fraction of sp³-hybridized carbons (Fsp3) is 0.667. The number of hydrogen-bond donors (Lipinski definition) is 2. The summed E-state index contributed by atoms with van der Waals surface area (Å²) in [5.74, 6) is 2.34. The zero-order valence-corrected chi connectivity index (χ0v) is 16.0. The molecule has 0 aromatic heterocycles. The fourth-order valence-electron chi connectivity index (χ4n) is 4.51.